The van der Waals surface area contributed by atoms with Crippen LogP contribution >= 0.6 is 11.3 Å². The number of thiazole rings is 1. The van der Waals surface area contributed by atoms with Crippen LogP contribution < -0.4 is 0 Å². The number of carbonyl (C=O) groups is 1. The number of aliphatic carboxylic acids is 1. The second-order valence-corrected chi connectivity index (χ2v) is 6.35. The number of aryl methyl sites for hydroxylation is 1. The average Bonchev–Trinajstić information content (AvgIpc) is 3.27. The molecule has 0 bridgehead atoms. The minimum Gasteiger partial charge on any atom is -0.481 e. The minimum atomic E-state index is -0.879. The van der Waals surface area contributed by atoms with E-state index in [1.807, 2.05) is 31.3 Å². The lowest BCUT2D eigenvalue weighted by Gasteiger charge is -2.03. The van der Waals surface area contributed by atoms with Crippen molar-refractivity contribution < 1.29 is 14.3 Å². The summed E-state index contributed by atoms with van der Waals surface area (Å²) in [5, 5.41) is 12.6. The van der Waals surface area contributed by atoms with Crippen LogP contribution in [0.1, 0.15) is 5.69 Å². The molecule has 3 heterocycles. The van der Waals surface area contributed by atoms with Crippen LogP contribution in [0.5, 0.6) is 0 Å². The summed E-state index contributed by atoms with van der Waals surface area (Å²) in [5.41, 5.74) is 3.57. The Morgan fingerprint density at radius 3 is 2.88 bits per heavy atom. The Morgan fingerprint density at radius 1 is 1.29 bits per heavy atom. The van der Waals surface area contributed by atoms with E-state index >= 15 is 0 Å². The van der Waals surface area contributed by atoms with E-state index < -0.39 is 5.97 Å². The van der Waals surface area contributed by atoms with Crippen molar-refractivity contribution >= 4 is 28.2 Å². The average molecular weight is 338 g/mol. The quantitative estimate of drug-likeness (QED) is 0.606. The second-order valence-electron chi connectivity index (χ2n) is 5.49. The van der Waals surface area contributed by atoms with E-state index in [4.69, 9.17) is 9.52 Å². The molecule has 0 aliphatic heterocycles. The highest BCUT2D eigenvalue weighted by Crippen LogP contribution is 2.41. The maximum atomic E-state index is 10.9. The van der Waals surface area contributed by atoms with Crippen LogP contribution in [0.25, 0.3) is 32.9 Å². The number of rotatable bonds is 4. The number of hydrogen-bond acceptors (Lipinski definition) is 4. The summed E-state index contributed by atoms with van der Waals surface area (Å²) in [4.78, 5) is 15.5. The Balaban J connectivity index is 1.98. The fourth-order valence-corrected chi connectivity index (χ4v) is 3.85. The lowest BCUT2D eigenvalue weighted by molar-refractivity contribution is -0.136. The van der Waals surface area contributed by atoms with Gasteiger partial charge in [0.25, 0.3) is 0 Å². The molecule has 0 spiro atoms. The number of carboxylic acids is 1. The van der Waals surface area contributed by atoms with E-state index in [2.05, 4.69) is 21.7 Å². The van der Waals surface area contributed by atoms with Gasteiger partial charge in [-0.25, -0.2) is 4.98 Å². The third kappa shape index (κ3) is 2.32. The molecule has 0 fully saturated rings. The Kier molecular flexibility index (Phi) is 3.46. The van der Waals surface area contributed by atoms with Gasteiger partial charge in [-0.05, 0) is 18.2 Å². The summed E-state index contributed by atoms with van der Waals surface area (Å²) in [6, 6.07) is 11.9. The van der Waals surface area contributed by atoms with Crippen molar-refractivity contribution in [3.8, 4) is 22.0 Å². The first-order valence-electron chi connectivity index (χ1n) is 7.43. The van der Waals surface area contributed by atoms with E-state index in [1.54, 1.807) is 11.6 Å². The molecule has 1 N–H and O–H groups in total. The molecule has 3 aromatic heterocycles. The normalized spacial score (nSPS) is 11.2. The van der Waals surface area contributed by atoms with E-state index in [-0.39, 0.29) is 6.42 Å². The van der Waals surface area contributed by atoms with E-state index in [0.29, 0.717) is 5.69 Å². The molecule has 0 aliphatic carbocycles. The molecule has 0 unspecified atom stereocenters. The van der Waals surface area contributed by atoms with Crippen molar-refractivity contribution in [2.75, 3.05) is 0 Å². The van der Waals surface area contributed by atoms with Crippen molar-refractivity contribution in [3.63, 3.8) is 0 Å². The van der Waals surface area contributed by atoms with E-state index in [9.17, 15) is 4.79 Å². The Bertz CT molecular complexity index is 1030. The molecule has 24 heavy (non-hydrogen) atoms. The summed E-state index contributed by atoms with van der Waals surface area (Å²) in [6.07, 6.45) is 1.58. The van der Waals surface area contributed by atoms with Gasteiger partial charge in [0.2, 0.25) is 0 Å². The Labute approximate surface area is 141 Å². The molecule has 0 atom stereocenters. The predicted octanol–water partition coefficient (Wildman–Crippen LogP) is 4.19. The molecule has 0 saturated heterocycles. The van der Waals surface area contributed by atoms with Gasteiger partial charge in [0.1, 0.15) is 5.01 Å². The van der Waals surface area contributed by atoms with Crippen molar-refractivity contribution in [2.24, 2.45) is 7.05 Å². The number of fused-ring (bicyclic) bond motifs is 1. The van der Waals surface area contributed by atoms with Crippen molar-refractivity contribution in [2.45, 2.75) is 6.42 Å². The van der Waals surface area contributed by atoms with Crippen LogP contribution in [0.15, 0.2) is 52.5 Å². The van der Waals surface area contributed by atoms with Gasteiger partial charge in [0.05, 0.1) is 24.1 Å². The highest BCUT2D eigenvalue weighted by molar-refractivity contribution is 7.13. The summed E-state index contributed by atoms with van der Waals surface area (Å²) in [5.74, 6) is -0.116. The lowest BCUT2D eigenvalue weighted by Crippen LogP contribution is -2.00. The van der Waals surface area contributed by atoms with Gasteiger partial charge >= 0.3 is 5.97 Å². The van der Waals surface area contributed by atoms with E-state index in [0.717, 1.165) is 32.9 Å². The lowest BCUT2D eigenvalue weighted by atomic mass is 10.1. The largest absolute Gasteiger partial charge is 0.481 e. The van der Waals surface area contributed by atoms with Gasteiger partial charge in [-0.3, -0.25) is 4.79 Å². The second kappa shape index (κ2) is 5.65. The third-order valence-corrected chi connectivity index (χ3v) is 4.87. The number of nitrogens with zero attached hydrogens (tertiary/aromatic N) is 2. The molecule has 6 heteroatoms. The number of para-hydroxylation sites is 1. The first-order valence-corrected chi connectivity index (χ1v) is 8.31. The van der Waals surface area contributed by atoms with Gasteiger partial charge in [-0.1, -0.05) is 18.2 Å². The number of aromatic nitrogens is 2. The van der Waals surface area contributed by atoms with Gasteiger partial charge < -0.3 is 14.1 Å². The van der Waals surface area contributed by atoms with Crippen molar-refractivity contribution in [3.05, 3.63) is 53.7 Å². The van der Waals surface area contributed by atoms with Gasteiger partial charge in [-0.2, -0.15) is 0 Å². The fraction of sp³-hybridized carbons (Fsp3) is 0.111. The topological polar surface area (TPSA) is 68.3 Å². The smallest absolute Gasteiger partial charge is 0.309 e. The molecule has 0 saturated carbocycles. The zero-order chi connectivity index (χ0) is 16.7. The van der Waals surface area contributed by atoms with Crippen LogP contribution in [-0.2, 0) is 18.3 Å². The highest BCUT2D eigenvalue weighted by atomic mass is 32.1. The molecule has 0 amide bonds. The Hall–Kier alpha value is -2.86. The van der Waals surface area contributed by atoms with Crippen LogP contribution in [0.4, 0.5) is 0 Å². The molecule has 0 radical (unpaired) electrons. The summed E-state index contributed by atoms with van der Waals surface area (Å²) >= 11 is 1.45. The molecule has 1 aromatic carbocycles. The zero-order valence-corrected chi connectivity index (χ0v) is 13.7. The van der Waals surface area contributed by atoms with Crippen molar-refractivity contribution in [1.29, 1.82) is 0 Å². The first kappa shape index (κ1) is 14.7. The maximum Gasteiger partial charge on any atom is 0.309 e. The first-order chi connectivity index (χ1) is 11.6. The highest BCUT2D eigenvalue weighted by Gasteiger charge is 2.22. The molecule has 4 aromatic rings. The predicted molar refractivity (Wildman–Crippen MR) is 93.1 cm³/mol. The molecule has 0 aliphatic rings. The van der Waals surface area contributed by atoms with Crippen LogP contribution in [0.2, 0.25) is 0 Å². The maximum absolute atomic E-state index is 10.9. The van der Waals surface area contributed by atoms with Crippen LogP contribution in [-0.4, -0.2) is 20.6 Å². The van der Waals surface area contributed by atoms with Gasteiger partial charge in [0, 0.05) is 28.9 Å². The molecular formula is C18H14N2O3S. The van der Waals surface area contributed by atoms with E-state index in [1.165, 1.54) is 11.3 Å². The molecule has 4 rings (SSSR count). The van der Waals surface area contributed by atoms with Gasteiger partial charge in [0.15, 0.2) is 5.76 Å². The molecular weight excluding hydrogens is 324 g/mol. The number of hydrogen-bond donors (Lipinski definition) is 1. The summed E-state index contributed by atoms with van der Waals surface area (Å²) in [7, 11) is 2.00. The third-order valence-electron chi connectivity index (χ3n) is 3.96. The van der Waals surface area contributed by atoms with Gasteiger partial charge in [-0.15, -0.1) is 11.3 Å². The number of carboxylic acid groups (broad SMARTS) is 1. The fourth-order valence-electron chi connectivity index (χ4n) is 2.97. The summed E-state index contributed by atoms with van der Waals surface area (Å²) in [6.45, 7) is 0. The Morgan fingerprint density at radius 2 is 2.12 bits per heavy atom. The standard InChI is InChI=1S/C18H14N2O3S/c1-20-13-6-3-2-5-12(13)16(17(20)14-7-4-8-23-14)18-19-11(10-24-18)9-15(21)22/h2-8,10H,9H2,1H3,(H,21,22). The zero-order valence-electron chi connectivity index (χ0n) is 12.9. The number of benzene rings is 1. The van der Waals surface area contributed by atoms with Crippen molar-refractivity contribution in [1.82, 2.24) is 9.55 Å². The number of furan rings is 1. The van der Waals surface area contributed by atoms with Crippen LogP contribution in [0, 0.1) is 0 Å². The van der Waals surface area contributed by atoms with Crippen LogP contribution in [0.3, 0.4) is 0 Å². The molecule has 5 nitrogen and oxygen atoms in total. The minimum absolute atomic E-state index is 0.0721. The summed E-state index contributed by atoms with van der Waals surface area (Å²) < 4.78 is 7.71. The molecule has 120 valence electrons. The monoisotopic (exact) mass is 338 g/mol. The SMILES string of the molecule is Cn1c(-c2ccco2)c(-c2nc(CC(=O)O)cs2)c2ccccc21.